The number of hydrogen-bond donors (Lipinski definition) is 2. The van der Waals surface area contributed by atoms with Crippen molar-refractivity contribution in [1.29, 1.82) is 0 Å². The van der Waals surface area contributed by atoms with E-state index < -0.39 is 5.60 Å². The molecule has 0 saturated carbocycles. The third-order valence-electron chi connectivity index (χ3n) is 4.89. The zero-order valence-electron chi connectivity index (χ0n) is 15.2. The van der Waals surface area contributed by atoms with Gasteiger partial charge in [-0.25, -0.2) is 10.4 Å². The molecule has 0 radical (unpaired) electrons. The average molecular weight is 378 g/mol. The van der Waals surface area contributed by atoms with Gasteiger partial charge in [-0.1, -0.05) is 5.16 Å². The van der Waals surface area contributed by atoms with Gasteiger partial charge in [0.15, 0.2) is 5.78 Å². The monoisotopic (exact) mass is 378 g/mol. The smallest absolute Gasteiger partial charge is 0.258 e. The minimum atomic E-state index is -0.580. The first kappa shape index (κ1) is 17.0. The van der Waals surface area contributed by atoms with Crippen molar-refractivity contribution in [2.24, 2.45) is 0 Å². The number of benzene rings is 1. The zero-order valence-corrected chi connectivity index (χ0v) is 15.2. The third-order valence-corrected chi connectivity index (χ3v) is 4.89. The quantitative estimate of drug-likeness (QED) is 0.685. The van der Waals surface area contributed by atoms with E-state index in [0.717, 1.165) is 5.56 Å². The molecule has 2 aliphatic heterocycles. The molecule has 1 saturated heterocycles. The van der Waals surface area contributed by atoms with Crippen LogP contribution < -0.4 is 15.7 Å². The fourth-order valence-corrected chi connectivity index (χ4v) is 3.63. The largest absolute Gasteiger partial charge is 0.483 e. The lowest BCUT2D eigenvalue weighted by molar-refractivity contribution is -0.0357. The van der Waals surface area contributed by atoms with Crippen molar-refractivity contribution >= 4 is 5.78 Å². The molecule has 1 unspecified atom stereocenters. The standard InChI is InChI=1S/C19H18N6O3/c1-25-11-19(10-21-24-25)8-15(26)14-7-12(4-5-16(14)27-19)18-22-17(23-28-18)13-3-2-6-20-9-13/h2-7,9,21,24H,8,10-11H2,1H3. The number of carbonyl (C=O) groups is 1. The molecule has 2 aromatic heterocycles. The first-order valence-electron chi connectivity index (χ1n) is 8.92. The molecular weight excluding hydrogens is 360 g/mol. The predicted molar refractivity (Wildman–Crippen MR) is 99.0 cm³/mol. The molecule has 0 bridgehead atoms. The fraction of sp³-hybridized carbons (Fsp3) is 0.263. The summed E-state index contributed by atoms with van der Waals surface area (Å²) in [5.74, 6) is 1.40. The van der Waals surface area contributed by atoms with Gasteiger partial charge in [0.2, 0.25) is 5.82 Å². The number of ether oxygens (including phenoxy) is 1. The van der Waals surface area contributed by atoms with E-state index in [0.29, 0.717) is 48.1 Å². The number of Topliss-reactive ketones (excluding diaryl/α,β-unsaturated/α-hetero) is 1. The minimum Gasteiger partial charge on any atom is -0.483 e. The summed E-state index contributed by atoms with van der Waals surface area (Å²) in [6.07, 6.45) is 3.65. The molecule has 0 amide bonds. The van der Waals surface area contributed by atoms with Crippen molar-refractivity contribution in [3.63, 3.8) is 0 Å². The molecule has 1 spiro atoms. The molecule has 0 aliphatic carbocycles. The van der Waals surface area contributed by atoms with Gasteiger partial charge in [-0.3, -0.25) is 9.78 Å². The van der Waals surface area contributed by atoms with Crippen molar-refractivity contribution in [1.82, 2.24) is 31.1 Å². The number of fused-ring (bicyclic) bond motifs is 1. The van der Waals surface area contributed by atoms with E-state index in [9.17, 15) is 4.79 Å². The van der Waals surface area contributed by atoms with E-state index in [-0.39, 0.29) is 5.78 Å². The van der Waals surface area contributed by atoms with Gasteiger partial charge in [-0.15, -0.1) is 0 Å². The highest BCUT2D eigenvalue weighted by molar-refractivity contribution is 6.01. The van der Waals surface area contributed by atoms with Gasteiger partial charge < -0.3 is 9.26 Å². The van der Waals surface area contributed by atoms with Crippen LogP contribution in [0.1, 0.15) is 16.8 Å². The fourth-order valence-electron chi connectivity index (χ4n) is 3.63. The Balaban J connectivity index is 1.45. The molecule has 9 nitrogen and oxygen atoms in total. The molecule has 1 aromatic carbocycles. The number of hydrazine groups is 2. The maximum absolute atomic E-state index is 12.9. The van der Waals surface area contributed by atoms with Gasteiger partial charge in [0.25, 0.3) is 5.89 Å². The van der Waals surface area contributed by atoms with E-state index in [1.165, 1.54) is 0 Å². The Hall–Kier alpha value is -3.14. The van der Waals surface area contributed by atoms with Crippen LogP contribution in [0, 0.1) is 0 Å². The van der Waals surface area contributed by atoms with Crippen LogP contribution in [0.15, 0.2) is 47.2 Å². The molecule has 28 heavy (non-hydrogen) atoms. The number of ketones is 1. The predicted octanol–water partition coefficient (Wildman–Crippen LogP) is 1.46. The summed E-state index contributed by atoms with van der Waals surface area (Å²) < 4.78 is 11.6. The maximum atomic E-state index is 12.9. The molecule has 142 valence electrons. The summed E-state index contributed by atoms with van der Waals surface area (Å²) in [5, 5.41) is 5.88. The summed E-state index contributed by atoms with van der Waals surface area (Å²) in [5.41, 5.74) is 7.45. The molecule has 3 aromatic rings. The third kappa shape index (κ3) is 2.95. The molecule has 2 N–H and O–H groups in total. The summed E-state index contributed by atoms with van der Waals surface area (Å²) in [7, 11) is 1.90. The highest BCUT2D eigenvalue weighted by Gasteiger charge is 2.43. The number of nitrogens with zero attached hydrogens (tertiary/aromatic N) is 4. The van der Waals surface area contributed by atoms with Crippen LogP contribution >= 0.6 is 0 Å². The second-order valence-corrected chi connectivity index (χ2v) is 7.08. The van der Waals surface area contributed by atoms with Crippen LogP contribution in [0.4, 0.5) is 0 Å². The molecule has 2 aliphatic rings. The highest BCUT2D eigenvalue weighted by atomic mass is 16.5. The van der Waals surface area contributed by atoms with Gasteiger partial charge in [-0.05, 0) is 30.3 Å². The average Bonchev–Trinajstić information content (AvgIpc) is 3.18. The number of hydrogen-bond acceptors (Lipinski definition) is 9. The number of carbonyl (C=O) groups excluding carboxylic acids is 1. The van der Waals surface area contributed by atoms with E-state index in [4.69, 9.17) is 9.26 Å². The normalized spacial score (nSPS) is 22.1. The Bertz CT molecular complexity index is 1040. The lowest BCUT2D eigenvalue weighted by Gasteiger charge is -2.44. The molecule has 4 heterocycles. The molecule has 1 atom stereocenters. The number of aromatic nitrogens is 3. The van der Waals surface area contributed by atoms with Crippen molar-refractivity contribution in [3.8, 4) is 28.6 Å². The van der Waals surface area contributed by atoms with Gasteiger partial charge in [0.1, 0.15) is 11.4 Å². The second-order valence-electron chi connectivity index (χ2n) is 7.08. The van der Waals surface area contributed by atoms with Gasteiger partial charge >= 0.3 is 0 Å². The van der Waals surface area contributed by atoms with Crippen molar-refractivity contribution in [2.45, 2.75) is 12.0 Å². The number of likely N-dealkylation sites (N-methyl/N-ethyl adjacent to an activating group) is 1. The molecule has 1 fully saturated rings. The summed E-state index contributed by atoms with van der Waals surface area (Å²) in [4.78, 5) is 21.3. The number of rotatable bonds is 2. The first-order chi connectivity index (χ1) is 13.6. The summed E-state index contributed by atoms with van der Waals surface area (Å²) >= 11 is 0. The van der Waals surface area contributed by atoms with Gasteiger partial charge in [-0.2, -0.15) is 10.5 Å². The second kappa shape index (κ2) is 6.48. The van der Waals surface area contributed by atoms with Crippen LogP contribution in [0.3, 0.4) is 0 Å². The van der Waals surface area contributed by atoms with Crippen LogP contribution in [0.5, 0.6) is 5.75 Å². The van der Waals surface area contributed by atoms with Crippen molar-refractivity contribution in [2.75, 3.05) is 20.1 Å². The Kier molecular flexibility index (Phi) is 3.93. The van der Waals surface area contributed by atoms with Gasteiger partial charge in [0, 0.05) is 30.6 Å². The van der Waals surface area contributed by atoms with E-state index >= 15 is 0 Å². The SMILES string of the molecule is CN1CC2(CNN1)CC(=O)c1cc(-c3nc(-c4cccnc4)no3)ccc1O2. The Morgan fingerprint density at radius 2 is 2.18 bits per heavy atom. The molecule has 5 rings (SSSR count). The van der Waals surface area contributed by atoms with E-state index in [2.05, 4.69) is 26.1 Å². The van der Waals surface area contributed by atoms with Crippen LogP contribution in [-0.4, -0.2) is 51.7 Å². The summed E-state index contributed by atoms with van der Waals surface area (Å²) in [6, 6.07) is 9.03. The number of pyridine rings is 1. The van der Waals surface area contributed by atoms with Crippen LogP contribution in [-0.2, 0) is 0 Å². The minimum absolute atomic E-state index is 0.0344. The van der Waals surface area contributed by atoms with E-state index in [1.54, 1.807) is 24.5 Å². The molecule has 9 heteroatoms. The Morgan fingerprint density at radius 1 is 1.25 bits per heavy atom. The van der Waals surface area contributed by atoms with Crippen molar-refractivity contribution in [3.05, 3.63) is 48.3 Å². The molecular formula is C19H18N6O3. The Labute approximate surface area is 160 Å². The lowest BCUT2D eigenvalue weighted by atomic mass is 9.88. The Morgan fingerprint density at radius 3 is 3.00 bits per heavy atom. The van der Waals surface area contributed by atoms with E-state index in [1.807, 2.05) is 30.3 Å². The van der Waals surface area contributed by atoms with Gasteiger partial charge in [0.05, 0.1) is 25.1 Å². The van der Waals surface area contributed by atoms with Crippen LogP contribution in [0.2, 0.25) is 0 Å². The zero-order chi connectivity index (χ0) is 19.1. The summed E-state index contributed by atoms with van der Waals surface area (Å²) in [6.45, 7) is 1.15. The number of nitrogens with one attached hydrogen (secondary N) is 2. The lowest BCUT2D eigenvalue weighted by Crippen LogP contribution is -2.66. The van der Waals surface area contributed by atoms with Crippen LogP contribution in [0.25, 0.3) is 22.8 Å². The maximum Gasteiger partial charge on any atom is 0.258 e. The topological polar surface area (TPSA) is 105 Å². The van der Waals surface area contributed by atoms with Crippen molar-refractivity contribution < 1.29 is 14.1 Å². The first-order valence-corrected chi connectivity index (χ1v) is 8.92. The highest BCUT2D eigenvalue weighted by Crippen LogP contribution is 2.36.